The SMILES string of the molecule is C=CCc1ccc(OCC(=O)NC2CCCc3cc(N)ccc32)c(OC)c1.Cl. The summed E-state index contributed by atoms with van der Waals surface area (Å²) in [5.41, 5.74) is 10.1. The highest BCUT2D eigenvalue weighted by Gasteiger charge is 2.22. The molecular weight excluding hydrogens is 376 g/mol. The number of nitrogens with one attached hydrogen (secondary N) is 1. The van der Waals surface area contributed by atoms with E-state index in [0.717, 1.165) is 42.5 Å². The highest BCUT2D eigenvalue weighted by atomic mass is 35.5. The molecule has 0 saturated carbocycles. The van der Waals surface area contributed by atoms with Gasteiger partial charge in [0.05, 0.1) is 13.2 Å². The molecule has 1 amide bonds. The van der Waals surface area contributed by atoms with E-state index in [4.69, 9.17) is 15.2 Å². The Morgan fingerprint density at radius 2 is 2.11 bits per heavy atom. The van der Waals surface area contributed by atoms with Gasteiger partial charge in [0.1, 0.15) is 0 Å². The predicted octanol–water partition coefficient (Wildman–Crippen LogP) is 4.00. The molecule has 0 spiro atoms. The quantitative estimate of drug-likeness (QED) is 0.542. The van der Waals surface area contributed by atoms with Crippen LogP contribution in [0.25, 0.3) is 0 Å². The third-order valence-electron chi connectivity index (χ3n) is 4.78. The van der Waals surface area contributed by atoms with E-state index in [1.54, 1.807) is 7.11 Å². The first kappa shape index (κ1) is 21.6. The smallest absolute Gasteiger partial charge is 0.258 e. The minimum absolute atomic E-state index is 0. The maximum absolute atomic E-state index is 12.4. The molecule has 0 radical (unpaired) electrons. The third kappa shape index (κ3) is 5.20. The Hall–Kier alpha value is -2.66. The van der Waals surface area contributed by atoms with Crippen molar-refractivity contribution in [1.82, 2.24) is 5.32 Å². The van der Waals surface area contributed by atoms with Gasteiger partial charge in [-0.05, 0) is 66.6 Å². The molecular formula is C22H27ClN2O3. The van der Waals surface area contributed by atoms with E-state index in [-0.39, 0.29) is 31.0 Å². The van der Waals surface area contributed by atoms with Gasteiger partial charge >= 0.3 is 0 Å². The molecule has 6 heteroatoms. The van der Waals surface area contributed by atoms with Crippen LogP contribution in [0, 0.1) is 0 Å². The molecule has 1 aliphatic rings. The molecule has 1 atom stereocenters. The summed E-state index contributed by atoms with van der Waals surface area (Å²) in [5.74, 6) is 1.01. The number of hydrogen-bond donors (Lipinski definition) is 2. The number of fused-ring (bicyclic) bond motifs is 1. The molecule has 0 heterocycles. The number of nitrogen functional groups attached to an aromatic ring is 1. The Kier molecular flexibility index (Phi) is 7.76. The summed E-state index contributed by atoms with van der Waals surface area (Å²) in [7, 11) is 1.59. The zero-order valence-corrected chi connectivity index (χ0v) is 16.9. The average molecular weight is 403 g/mol. The number of aryl methyl sites for hydroxylation is 1. The van der Waals surface area contributed by atoms with Gasteiger partial charge in [0.15, 0.2) is 18.1 Å². The fraction of sp³-hybridized carbons (Fsp3) is 0.318. The predicted molar refractivity (Wildman–Crippen MR) is 114 cm³/mol. The van der Waals surface area contributed by atoms with Gasteiger partial charge in [0.2, 0.25) is 0 Å². The van der Waals surface area contributed by atoms with Crippen LogP contribution in [0.2, 0.25) is 0 Å². The lowest BCUT2D eigenvalue weighted by Crippen LogP contribution is -2.34. The Morgan fingerprint density at radius 3 is 2.86 bits per heavy atom. The van der Waals surface area contributed by atoms with Crippen LogP contribution in [0.15, 0.2) is 49.1 Å². The van der Waals surface area contributed by atoms with Crippen molar-refractivity contribution in [1.29, 1.82) is 0 Å². The summed E-state index contributed by atoms with van der Waals surface area (Å²) < 4.78 is 11.1. The number of methoxy groups -OCH3 is 1. The maximum atomic E-state index is 12.4. The van der Waals surface area contributed by atoms with Crippen LogP contribution in [0.4, 0.5) is 5.69 Å². The molecule has 2 aromatic rings. The number of hydrogen-bond acceptors (Lipinski definition) is 4. The maximum Gasteiger partial charge on any atom is 0.258 e. The first-order chi connectivity index (χ1) is 13.1. The molecule has 28 heavy (non-hydrogen) atoms. The number of allylic oxidation sites excluding steroid dienone is 1. The van der Waals surface area contributed by atoms with Crippen LogP contribution in [0.3, 0.4) is 0 Å². The summed E-state index contributed by atoms with van der Waals surface area (Å²) in [4.78, 5) is 12.4. The monoisotopic (exact) mass is 402 g/mol. The van der Waals surface area contributed by atoms with Crippen molar-refractivity contribution in [2.75, 3.05) is 19.5 Å². The number of benzene rings is 2. The second-order valence-corrected chi connectivity index (χ2v) is 6.74. The van der Waals surface area contributed by atoms with Crippen LogP contribution in [-0.2, 0) is 17.6 Å². The Labute approximate surface area is 172 Å². The van der Waals surface area contributed by atoms with Crippen molar-refractivity contribution >= 4 is 24.0 Å². The third-order valence-corrected chi connectivity index (χ3v) is 4.78. The van der Waals surface area contributed by atoms with E-state index in [0.29, 0.717) is 11.5 Å². The minimum Gasteiger partial charge on any atom is -0.493 e. The molecule has 1 aliphatic carbocycles. The van der Waals surface area contributed by atoms with Gasteiger partial charge in [0.25, 0.3) is 5.91 Å². The topological polar surface area (TPSA) is 73.6 Å². The Balaban J connectivity index is 0.00000280. The Morgan fingerprint density at radius 1 is 1.29 bits per heavy atom. The van der Waals surface area contributed by atoms with E-state index in [9.17, 15) is 4.79 Å². The molecule has 1 unspecified atom stereocenters. The van der Waals surface area contributed by atoms with Crippen molar-refractivity contribution in [2.45, 2.75) is 31.7 Å². The minimum atomic E-state index is -0.151. The highest BCUT2D eigenvalue weighted by Crippen LogP contribution is 2.31. The summed E-state index contributed by atoms with van der Waals surface area (Å²) in [6.45, 7) is 3.68. The standard InChI is InChI=1S/C22H26N2O3.ClH/c1-3-5-15-8-11-20(21(12-15)26-2)27-14-22(25)24-19-7-4-6-16-13-17(23)9-10-18(16)19;/h3,8-13,19H,1,4-7,14,23H2,2H3,(H,24,25);1H. The molecule has 3 N–H and O–H groups in total. The van der Waals surface area contributed by atoms with Crippen molar-refractivity contribution in [3.8, 4) is 11.5 Å². The fourth-order valence-electron chi connectivity index (χ4n) is 3.49. The molecule has 5 nitrogen and oxygen atoms in total. The van der Waals surface area contributed by atoms with Gasteiger partial charge in [-0.2, -0.15) is 0 Å². The van der Waals surface area contributed by atoms with Crippen LogP contribution in [0.1, 0.15) is 35.6 Å². The van der Waals surface area contributed by atoms with Crippen molar-refractivity contribution in [3.05, 3.63) is 65.7 Å². The molecule has 150 valence electrons. The van der Waals surface area contributed by atoms with E-state index < -0.39 is 0 Å². The van der Waals surface area contributed by atoms with Gasteiger partial charge in [0, 0.05) is 5.69 Å². The summed E-state index contributed by atoms with van der Waals surface area (Å²) in [6, 6.07) is 11.6. The second kappa shape index (κ2) is 10.0. The van der Waals surface area contributed by atoms with Crippen LogP contribution in [0.5, 0.6) is 11.5 Å². The van der Waals surface area contributed by atoms with Gasteiger partial charge < -0.3 is 20.5 Å². The Bertz CT molecular complexity index is 839. The zero-order chi connectivity index (χ0) is 19.2. The second-order valence-electron chi connectivity index (χ2n) is 6.74. The van der Waals surface area contributed by atoms with Gasteiger partial charge in [-0.3, -0.25) is 4.79 Å². The summed E-state index contributed by atoms with van der Waals surface area (Å²) in [5, 5.41) is 3.08. The number of carbonyl (C=O) groups is 1. The molecule has 0 saturated heterocycles. The lowest BCUT2D eigenvalue weighted by atomic mass is 9.87. The zero-order valence-electron chi connectivity index (χ0n) is 16.1. The van der Waals surface area contributed by atoms with E-state index >= 15 is 0 Å². The van der Waals surface area contributed by atoms with Gasteiger partial charge in [-0.25, -0.2) is 0 Å². The fourth-order valence-corrected chi connectivity index (χ4v) is 3.49. The summed E-state index contributed by atoms with van der Waals surface area (Å²) in [6.07, 6.45) is 5.53. The number of halogens is 1. The molecule has 0 fully saturated rings. The normalized spacial score (nSPS) is 15.0. The molecule has 0 aromatic heterocycles. The first-order valence-electron chi connectivity index (χ1n) is 9.19. The number of amides is 1. The lowest BCUT2D eigenvalue weighted by molar-refractivity contribution is -0.124. The van der Waals surface area contributed by atoms with Crippen LogP contribution in [-0.4, -0.2) is 19.6 Å². The number of carbonyl (C=O) groups excluding carboxylic acids is 1. The van der Waals surface area contributed by atoms with Gasteiger partial charge in [-0.1, -0.05) is 18.2 Å². The van der Waals surface area contributed by atoms with Crippen LogP contribution < -0.4 is 20.5 Å². The van der Waals surface area contributed by atoms with E-state index in [1.165, 1.54) is 5.56 Å². The first-order valence-corrected chi connectivity index (χ1v) is 9.19. The molecule has 3 rings (SSSR count). The largest absolute Gasteiger partial charge is 0.493 e. The van der Waals surface area contributed by atoms with Gasteiger partial charge in [-0.15, -0.1) is 19.0 Å². The molecule has 0 bridgehead atoms. The lowest BCUT2D eigenvalue weighted by Gasteiger charge is -2.26. The number of anilines is 1. The van der Waals surface area contributed by atoms with E-state index in [2.05, 4.69) is 11.9 Å². The van der Waals surface area contributed by atoms with Crippen molar-refractivity contribution < 1.29 is 14.3 Å². The van der Waals surface area contributed by atoms with E-state index in [1.807, 2.05) is 42.5 Å². The highest BCUT2D eigenvalue weighted by molar-refractivity contribution is 5.85. The number of nitrogens with two attached hydrogens (primary N) is 1. The number of ether oxygens (including phenoxy) is 2. The molecule has 0 aliphatic heterocycles. The van der Waals surface area contributed by atoms with Crippen LogP contribution >= 0.6 is 12.4 Å². The number of rotatable bonds is 7. The average Bonchev–Trinajstić information content (AvgIpc) is 2.67. The van der Waals surface area contributed by atoms with Crippen molar-refractivity contribution in [3.63, 3.8) is 0 Å². The molecule has 2 aromatic carbocycles. The van der Waals surface area contributed by atoms with Crippen molar-refractivity contribution in [2.24, 2.45) is 0 Å². The summed E-state index contributed by atoms with van der Waals surface area (Å²) >= 11 is 0.